The van der Waals surface area contributed by atoms with Crippen LogP contribution in [0.4, 0.5) is 5.69 Å². The van der Waals surface area contributed by atoms with E-state index in [2.05, 4.69) is 11.4 Å². The van der Waals surface area contributed by atoms with E-state index < -0.39 is 0 Å². The summed E-state index contributed by atoms with van der Waals surface area (Å²) in [6.07, 6.45) is 5.93. The quantitative estimate of drug-likeness (QED) is 0.903. The number of carbonyl (C=O) groups excluding carboxylic acids is 1. The molecule has 0 unspecified atom stereocenters. The van der Waals surface area contributed by atoms with Crippen molar-refractivity contribution in [1.29, 1.82) is 5.26 Å². The summed E-state index contributed by atoms with van der Waals surface area (Å²) in [6, 6.07) is 9.01. The maximum absolute atomic E-state index is 11.8. The molecule has 1 aromatic rings. The summed E-state index contributed by atoms with van der Waals surface area (Å²) >= 11 is 0. The Hall–Kier alpha value is -1.86. The molecule has 0 aromatic heterocycles. The van der Waals surface area contributed by atoms with Crippen LogP contribution in [0.15, 0.2) is 24.3 Å². The fourth-order valence-electron chi connectivity index (χ4n) is 2.30. The van der Waals surface area contributed by atoms with Crippen LogP contribution in [0, 0.1) is 11.3 Å². The summed E-state index contributed by atoms with van der Waals surface area (Å²) in [4.78, 5) is 11.8. The van der Waals surface area contributed by atoms with Crippen molar-refractivity contribution in [2.45, 2.75) is 38.2 Å². The molecule has 1 aromatic carbocycles. The van der Waals surface area contributed by atoms with Gasteiger partial charge in [-0.1, -0.05) is 31.4 Å². The molecular formula is C15H18N2O2. The van der Waals surface area contributed by atoms with Gasteiger partial charge >= 0.3 is 0 Å². The zero-order valence-electron chi connectivity index (χ0n) is 10.9. The number of ether oxygens (including phenoxy) is 1. The lowest BCUT2D eigenvalue weighted by Crippen LogP contribution is -2.25. The number of amides is 1. The average molecular weight is 258 g/mol. The fourth-order valence-corrected chi connectivity index (χ4v) is 2.30. The highest BCUT2D eigenvalue weighted by molar-refractivity contribution is 5.92. The lowest BCUT2D eigenvalue weighted by molar-refractivity contribution is -0.123. The Bertz CT molecular complexity index is 473. The predicted molar refractivity (Wildman–Crippen MR) is 72.6 cm³/mol. The standard InChI is InChI=1S/C15H18N2O2/c16-10-12-6-4-5-9-14(12)17-15(18)11-19-13-7-2-1-3-8-13/h4-6,9,13H,1-3,7-8,11H2,(H,17,18). The third kappa shape index (κ3) is 4.08. The van der Waals surface area contributed by atoms with Gasteiger partial charge in [0.05, 0.1) is 17.4 Å². The molecule has 0 radical (unpaired) electrons. The molecule has 0 spiro atoms. The molecule has 19 heavy (non-hydrogen) atoms. The monoisotopic (exact) mass is 258 g/mol. The van der Waals surface area contributed by atoms with Gasteiger partial charge in [0, 0.05) is 0 Å². The van der Waals surface area contributed by atoms with E-state index in [0.717, 1.165) is 12.8 Å². The smallest absolute Gasteiger partial charge is 0.250 e. The number of para-hydroxylation sites is 1. The van der Waals surface area contributed by atoms with Crippen molar-refractivity contribution in [3.05, 3.63) is 29.8 Å². The van der Waals surface area contributed by atoms with Gasteiger partial charge in [-0.2, -0.15) is 5.26 Å². The Kier molecular flexibility index (Phi) is 4.93. The van der Waals surface area contributed by atoms with Gasteiger partial charge in [0.25, 0.3) is 0 Å². The molecule has 0 aliphatic heterocycles. The van der Waals surface area contributed by atoms with Gasteiger partial charge in [0.2, 0.25) is 5.91 Å². The van der Waals surface area contributed by atoms with Crippen LogP contribution >= 0.6 is 0 Å². The summed E-state index contributed by atoms with van der Waals surface area (Å²) in [5.74, 6) is -0.201. The van der Waals surface area contributed by atoms with Crippen molar-refractivity contribution in [3.8, 4) is 6.07 Å². The second kappa shape index (κ2) is 6.91. The summed E-state index contributed by atoms with van der Waals surface area (Å²) in [5, 5.41) is 11.6. The molecule has 4 heteroatoms. The highest BCUT2D eigenvalue weighted by Crippen LogP contribution is 2.20. The van der Waals surface area contributed by atoms with Crippen LogP contribution in [0.25, 0.3) is 0 Å². The molecule has 1 N–H and O–H groups in total. The molecule has 0 heterocycles. The van der Waals surface area contributed by atoms with Gasteiger partial charge in [0.1, 0.15) is 12.7 Å². The number of carbonyl (C=O) groups is 1. The van der Waals surface area contributed by atoms with Crippen LogP contribution in [-0.4, -0.2) is 18.6 Å². The van der Waals surface area contributed by atoms with Gasteiger partial charge < -0.3 is 10.1 Å². The maximum Gasteiger partial charge on any atom is 0.250 e. The Morgan fingerprint density at radius 1 is 1.32 bits per heavy atom. The second-order valence-corrected chi connectivity index (χ2v) is 4.78. The number of hydrogen-bond donors (Lipinski definition) is 1. The van der Waals surface area contributed by atoms with Crippen molar-refractivity contribution >= 4 is 11.6 Å². The number of nitrogens with one attached hydrogen (secondary N) is 1. The summed E-state index contributed by atoms with van der Waals surface area (Å²) in [7, 11) is 0. The van der Waals surface area contributed by atoms with Crippen LogP contribution in [0.5, 0.6) is 0 Å². The third-order valence-corrected chi connectivity index (χ3v) is 3.32. The van der Waals surface area contributed by atoms with Gasteiger partial charge in [-0.25, -0.2) is 0 Å². The first-order valence-corrected chi connectivity index (χ1v) is 6.70. The van der Waals surface area contributed by atoms with Crippen molar-refractivity contribution < 1.29 is 9.53 Å². The Labute approximate surface area is 113 Å². The summed E-state index contributed by atoms with van der Waals surface area (Å²) in [5.41, 5.74) is 1.01. The first-order valence-electron chi connectivity index (χ1n) is 6.70. The summed E-state index contributed by atoms with van der Waals surface area (Å²) < 4.78 is 5.60. The highest BCUT2D eigenvalue weighted by atomic mass is 16.5. The van der Waals surface area contributed by atoms with E-state index in [1.165, 1.54) is 19.3 Å². The molecular weight excluding hydrogens is 240 g/mol. The second-order valence-electron chi connectivity index (χ2n) is 4.78. The molecule has 0 saturated heterocycles. The van der Waals surface area contributed by atoms with Crippen molar-refractivity contribution in [2.75, 3.05) is 11.9 Å². The van der Waals surface area contributed by atoms with Crippen LogP contribution in [0.1, 0.15) is 37.7 Å². The Balaban J connectivity index is 1.82. The SMILES string of the molecule is N#Cc1ccccc1NC(=O)COC1CCCCC1. The van der Waals surface area contributed by atoms with Crippen molar-refractivity contribution in [1.82, 2.24) is 0 Å². The number of nitrogens with zero attached hydrogens (tertiary/aromatic N) is 1. The minimum Gasteiger partial charge on any atom is -0.368 e. The van der Waals surface area contributed by atoms with E-state index in [-0.39, 0.29) is 18.6 Å². The Morgan fingerprint density at radius 2 is 2.05 bits per heavy atom. The fraction of sp³-hybridized carbons (Fsp3) is 0.467. The van der Waals surface area contributed by atoms with Crippen LogP contribution < -0.4 is 5.32 Å². The molecule has 2 rings (SSSR count). The zero-order chi connectivity index (χ0) is 13.5. The van der Waals surface area contributed by atoms with Crippen LogP contribution in [0.2, 0.25) is 0 Å². The minimum atomic E-state index is -0.201. The van der Waals surface area contributed by atoms with Gasteiger partial charge in [0.15, 0.2) is 0 Å². The Morgan fingerprint density at radius 3 is 2.79 bits per heavy atom. The molecule has 1 aliphatic rings. The lowest BCUT2D eigenvalue weighted by Gasteiger charge is -2.21. The molecule has 1 amide bonds. The van der Waals surface area contributed by atoms with Crippen LogP contribution in [-0.2, 0) is 9.53 Å². The number of hydrogen-bond acceptors (Lipinski definition) is 3. The maximum atomic E-state index is 11.8. The van der Waals surface area contributed by atoms with E-state index in [4.69, 9.17) is 10.00 Å². The molecule has 1 saturated carbocycles. The highest BCUT2D eigenvalue weighted by Gasteiger charge is 2.15. The molecule has 100 valence electrons. The van der Waals surface area contributed by atoms with Crippen LogP contribution in [0.3, 0.4) is 0 Å². The zero-order valence-corrected chi connectivity index (χ0v) is 10.9. The minimum absolute atomic E-state index is 0.0599. The van der Waals surface area contributed by atoms with Gasteiger partial charge in [-0.15, -0.1) is 0 Å². The first kappa shape index (κ1) is 13.6. The lowest BCUT2D eigenvalue weighted by atomic mass is 9.98. The first-order chi connectivity index (χ1) is 9.29. The predicted octanol–water partition coefficient (Wildman–Crippen LogP) is 2.85. The van der Waals surface area contributed by atoms with Crippen molar-refractivity contribution in [3.63, 3.8) is 0 Å². The van der Waals surface area contributed by atoms with Gasteiger partial charge in [-0.3, -0.25) is 4.79 Å². The number of rotatable bonds is 4. The summed E-state index contributed by atoms with van der Waals surface area (Å²) in [6.45, 7) is 0.0599. The average Bonchev–Trinajstić information content (AvgIpc) is 2.47. The van der Waals surface area contributed by atoms with E-state index in [9.17, 15) is 4.79 Å². The third-order valence-electron chi connectivity index (χ3n) is 3.32. The largest absolute Gasteiger partial charge is 0.368 e. The topological polar surface area (TPSA) is 62.1 Å². The van der Waals surface area contributed by atoms with Gasteiger partial charge in [-0.05, 0) is 25.0 Å². The number of benzene rings is 1. The molecule has 1 aliphatic carbocycles. The van der Waals surface area contributed by atoms with E-state index >= 15 is 0 Å². The normalized spacial score (nSPS) is 15.7. The van der Waals surface area contributed by atoms with E-state index in [1.807, 2.05) is 0 Å². The number of nitriles is 1. The molecule has 0 bridgehead atoms. The molecule has 4 nitrogen and oxygen atoms in total. The van der Waals surface area contributed by atoms with E-state index in [1.54, 1.807) is 24.3 Å². The molecule has 1 fully saturated rings. The molecule has 0 atom stereocenters. The van der Waals surface area contributed by atoms with Crippen molar-refractivity contribution in [2.24, 2.45) is 0 Å². The number of anilines is 1. The van der Waals surface area contributed by atoms with E-state index in [0.29, 0.717) is 11.3 Å².